The fourth-order valence-electron chi connectivity index (χ4n) is 3.07. The Hall–Kier alpha value is -2.12. The van der Waals surface area contributed by atoms with Gasteiger partial charge in [-0.15, -0.1) is 0 Å². The summed E-state index contributed by atoms with van der Waals surface area (Å²) < 4.78 is 20.0. The number of nitrogens with zero attached hydrogens (tertiary/aromatic N) is 3. The zero-order valence-corrected chi connectivity index (χ0v) is 17.7. The Morgan fingerprint density at radius 3 is 2.34 bits per heavy atom. The zero-order valence-electron chi connectivity index (χ0n) is 16.1. The van der Waals surface area contributed by atoms with Crippen LogP contribution in [0.15, 0.2) is 55.1 Å². The minimum atomic E-state index is -1.06. The van der Waals surface area contributed by atoms with E-state index in [0.29, 0.717) is 46.9 Å². The Kier molecular flexibility index (Phi) is 5.53. The van der Waals surface area contributed by atoms with Gasteiger partial charge in [-0.1, -0.05) is 37.0 Å². The van der Waals surface area contributed by atoms with Crippen molar-refractivity contribution in [2.24, 2.45) is 5.41 Å². The highest BCUT2D eigenvalue weighted by atomic mass is 35.5. The summed E-state index contributed by atoms with van der Waals surface area (Å²) in [6.07, 6.45) is 3.10. The number of ether oxygens (including phenoxy) is 3. The van der Waals surface area contributed by atoms with Crippen LogP contribution in [0.1, 0.15) is 19.4 Å². The molecule has 1 fully saturated rings. The molecule has 0 aliphatic carbocycles. The molecule has 2 heterocycles. The van der Waals surface area contributed by atoms with Crippen LogP contribution in [0.2, 0.25) is 10.0 Å². The Morgan fingerprint density at radius 1 is 1.03 bits per heavy atom. The van der Waals surface area contributed by atoms with Crippen LogP contribution in [0.5, 0.6) is 11.5 Å². The van der Waals surface area contributed by atoms with Crippen molar-refractivity contribution in [3.8, 4) is 11.5 Å². The second-order valence-electron chi connectivity index (χ2n) is 7.79. The van der Waals surface area contributed by atoms with Gasteiger partial charge in [-0.3, -0.25) is 0 Å². The molecule has 6 nitrogen and oxygen atoms in total. The molecule has 3 aromatic rings. The minimum Gasteiger partial charge on any atom is -0.457 e. The first kappa shape index (κ1) is 20.2. The quantitative estimate of drug-likeness (QED) is 0.545. The summed E-state index contributed by atoms with van der Waals surface area (Å²) in [6.45, 7) is 5.58. The fourth-order valence-corrected chi connectivity index (χ4v) is 3.51. The number of rotatable bonds is 5. The van der Waals surface area contributed by atoms with E-state index < -0.39 is 5.79 Å². The second-order valence-corrected chi connectivity index (χ2v) is 8.63. The van der Waals surface area contributed by atoms with E-state index in [4.69, 9.17) is 37.4 Å². The predicted molar refractivity (Wildman–Crippen MR) is 110 cm³/mol. The van der Waals surface area contributed by atoms with Gasteiger partial charge in [0, 0.05) is 16.0 Å². The van der Waals surface area contributed by atoms with Gasteiger partial charge in [0.15, 0.2) is 0 Å². The molecule has 1 aliphatic heterocycles. The number of benzene rings is 2. The van der Waals surface area contributed by atoms with Gasteiger partial charge >= 0.3 is 0 Å². The van der Waals surface area contributed by atoms with Gasteiger partial charge in [0.2, 0.25) is 5.79 Å². The highest BCUT2D eigenvalue weighted by Crippen LogP contribution is 2.42. The van der Waals surface area contributed by atoms with E-state index in [-0.39, 0.29) is 5.41 Å². The SMILES string of the molecule is CC1(C)COC(Cn2cncn2)(c2ccc(Oc3ccc(Cl)cc3)cc2Cl)OC1. The first-order valence-corrected chi connectivity index (χ1v) is 9.95. The van der Waals surface area contributed by atoms with Gasteiger partial charge in [0.25, 0.3) is 0 Å². The number of hydrogen-bond acceptors (Lipinski definition) is 5. The fraction of sp³-hybridized carbons (Fsp3) is 0.333. The second kappa shape index (κ2) is 7.95. The highest BCUT2D eigenvalue weighted by molar-refractivity contribution is 6.31. The monoisotopic (exact) mass is 433 g/mol. The smallest absolute Gasteiger partial charge is 0.216 e. The molecule has 29 heavy (non-hydrogen) atoms. The topological polar surface area (TPSA) is 58.4 Å². The molecule has 0 radical (unpaired) electrons. The molecular weight excluding hydrogens is 413 g/mol. The van der Waals surface area contributed by atoms with Crippen molar-refractivity contribution in [3.63, 3.8) is 0 Å². The molecule has 0 saturated carbocycles. The highest BCUT2D eigenvalue weighted by Gasteiger charge is 2.44. The Bertz CT molecular complexity index is 965. The average Bonchev–Trinajstić information content (AvgIpc) is 3.19. The van der Waals surface area contributed by atoms with Crippen LogP contribution in [0.3, 0.4) is 0 Å². The maximum atomic E-state index is 6.65. The normalized spacial score (nSPS) is 17.8. The van der Waals surface area contributed by atoms with E-state index in [2.05, 4.69) is 23.9 Å². The summed E-state index contributed by atoms with van der Waals surface area (Å²) in [5.74, 6) is 0.217. The molecule has 8 heteroatoms. The Morgan fingerprint density at radius 2 is 1.72 bits per heavy atom. The Balaban J connectivity index is 1.63. The lowest BCUT2D eigenvalue weighted by Gasteiger charge is -2.43. The van der Waals surface area contributed by atoms with E-state index in [9.17, 15) is 0 Å². The lowest BCUT2D eigenvalue weighted by Crippen LogP contribution is -2.48. The number of hydrogen-bond donors (Lipinski definition) is 0. The molecule has 4 rings (SSSR count). The molecule has 2 aromatic carbocycles. The Labute approximate surface area is 179 Å². The van der Waals surface area contributed by atoms with Crippen LogP contribution in [0.25, 0.3) is 0 Å². The number of aromatic nitrogens is 3. The summed E-state index contributed by atoms with van der Waals surface area (Å²) in [5, 5.41) is 5.33. The number of halogens is 2. The third kappa shape index (κ3) is 4.56. The van der Waals surface area contributed by atoms with Crippen LogP contribution in [-0.4, -0.2) is 28.0 Å². The molecule has 1 saturated heterocycles. The maximum Gasteiger partial charge on any atom is 0.216 e. The summed E-state index contributed by atoms with van der Waals surface area (Å²) in [5.41, 5.74) is 0.629. The van der Waals surface area contributed by atoms with Crippen molar-refractivity contribution in [2.75, 3.05) is 13.2 Å². The molecule has 1 aliphatic rings. The van der Waals surface area contributed by atoms with Crippen LogP contribution in [0.4, 0.5) is 0 Å². The van der Waals surface area contributed by atoms with Gasteiger partial charge in [-0.2, -0.15) is 5.10 Å². The first-order chi connectivity index (χ1) is 13.9. The molecule has 152 valence electrons. The third-order valence-corrected chi connectivity index (χ3v) is 5.19. The molecule has 0 bridgehead atoms. The van der Waals surface area contributed by atoms with Gasteiger partial charge in [-0.05, 0) is 42.5 Å². The van der Waals surface area contributed by atoms with Crippen molar-refractivity contribution in [1.29, 1.82) is 0 Å². The van der Waals surface area contributed by atoms with Gasteiger partial charge < -0.3 is 14.2 Å². The largest absolute Gasteiger partial charge is 0.457 e. The summed E-state index contributed by atoms with van der Waals surface area (Å²) in [4.78, 5) is 4.01. The lowest BCUT2D eigenvalue weighted by molar-refractivity contribution is -0.315. The summed E-state index contributed by atoms with van der Waals surface area (Å²) in [6, 6.07) is 12.6. The van der Waals surface area contributed by atoms with Crippen LogP contribution in [0, 0.1) is 5.41 Å². The van der Waals surface area contributed by atoms with Crippen molar-refractivity contribution in [1.82, 2.24) is 14.8 Å². The molecule has 0 spiro atoms. The molecule has 0 amide bonds. The molecule has 0 N–H and O–H groups in total. The molecule has 0 unspecified atom stereocenters. The predicted octanol–water partition coefficient (Wildman–Crippen LogP) is 5.30. The molecule has 0 atom stereocenters. The molecular formula is C21H21Cl2N3O3. The zero-order chi connectivity index (χ0) is 20.5. The molecule has 1 aromatic heterocycles. The van der Waals surface area contributed by atoms with Crippen LogP contribution >= 0.6 is 23.2 Å². The van der Waals surface area contributed by atoms with E-state index in [1.165, 1.54) is 6.33 Å². The standard InChI is InChI=1S/C21H21Cl2N3O3/c1-20(2)11-27-21(28-12-20,10-26-14-24-13-25-26)18-8-7-17(9-19(18)23)29-16-5-3-15(22)4-6-16/h3-9,13-14H,10-12H2,1-2H3. The van der Waals surface area contributed by atoms with Gasteiger partial charge in [0.1, 0.15) is 30.7 Å². The maximum absolute atomic E-state index is 6.65. The summed E-state index contributed by atoms with van der Waals surface area (Å²) in [7, 11) is 0. The van der Waals surface area contributed by atoms with E-state index in [1.807, 2.05) is 12.1 Å². The van der Waals surface area contributed by atoms with Crippen molar-refractivity contribution < 1.29 is 14.2 Å². The van der Waals surface area contributed by atoms with Gasteiger partial charge in [0.05, 0.1) is 18.2 Å². The van der Waals surface area contributed by atoms with Gasteiger partial charge in [-0.25, -0.2) is 9.67 Å². The van der Waals surface area contributed by atoms with E-state index >= 15 is 0 Å². The third-order valence-electron chi connectivity index (χ3n) is 4.63. The van der Waals surface area contributed by atoms with Crippen molar-refractivity contribution >= 4 is 23.2 Å². The van der Waals surface area contributed by atoms with E-state index in [1.54, 1.807) is 41.3 Å². The van der Waals surface area contributed by atoms with Crippen LogP contribution < -0.4 is 4.74 Å². The van der Waals surface area contributed by atoms with Crippen molar-refractivity contribution in [3.05, 3.63) is 70.7 Å². The van der Waals surface area contributed by atoms with Crippen LogP contribution in [-0.2, 0) is 21.8 Å². The average molecular weight is 434 g/mol. The van der Waals surface area contributed by atoms with E-state index in [0.717, 1.165) is 0 Å². The minimum absolute atomic E-state index is 0.0873. The first-order valence-electron chi connectivity index (χ1n) is 9.19. The summed E-state index contributed by atoms with van der Waals surface area (Å²) >= 11 is 12.6. The van der Waals surface area contributed by atoms with Crippen molar-refractivity contribution in [2.45, 2.75) is 26.2 Å². The lowest BCUT2D eigenvalue weighted by atomic mass is 9.93.